The van der Waals surface area contributed by atoms with E-state index in [1.165, 1.54) is 12.1 Å². The summed E-state index contributed by atoms with van der Waals surface area (Å²) in [4.78, 5) is 40.1. The number of piperidine rings is 1. The van der Waals surface area contributed by atoms with E-state index in [9.17, 15) is 14.0 Å². The molecule has 0 saturated carbocycles. The van der Waals surface area contributed by atoms with Gasteiger partial charge in [0.2, 0.25) is 0 Å². The van der Waals surface area contributed by atoms with Crippen LogP contribution in [0.5, 0.6) is 0 Å². The standard InChI is InChI=1S/C24H25FN6O2/c1-30-10-8-14(9-11-30)31(2)24(33)13-6-7-16-18(12-13)28-22(27-16)20-21(26)19-15(25)4-3-5-17(19)29-23(20)32/h3-7,12,14H,8-11H2,1-2H3,(H,27,28)(H3,26,29,32). The van der Waals surface area contributed by atoms with E-state index < -0.39 is 11.4 Å². The third-order valence-corrected chi connectivity index (χ3v) is 6.55. The predicted octanol–water partition coefficient (Wildman–Crippen LogP) is 2.96. The Hall–Kier alpha value is -3.72. The Balaban J connectivity index is 1.51. The Labute approximate surface area is 189 Å². The van der Waals surface area contributed by atoms with E-state index in [0.29, 0.717) is 22.1 Å². The summed E-state index contributed by atoms with van der Waals surface area (Å²) in [5, 5.41) is 0.142. The fourth-order valence-corrected chi connectivity index (χ4v) is 4.58. The number of H-pyrrole nitrogens is 2. The van der Waals surface area contributed by atoms with E-state index in [2.05, 4.69) is 26.9 Å². The molecule has 1 fully saturated rings. The third kappa shape index (κ3) is 3.64. The van der Waals surface area contributed by atoms with E-state index in [-0.39, 0.29) is 34.4 Å². The highest BCUT2D eigenvalue weighted by Gasteiger charge is 2.25. The summed E-state index contributed by atoms with van der Waals surface area (Å²) >= 11 is 0. The third-order valence-electron chi connectivity index (χ3n) is 6.55. The molecule has 0 bridgehead atoms. The molecule has 4 aromatic rings. The first-order chi connectivity index (χ1) is 15.8. The monoisotopic (exact) mass is 448 g/mol. The molecule has 33 heavy (non-hydrogen) atoms. The number of nitrogens with zero attached hydrogens (tertiary/aromatic N) is 3. The van der Waals surface area contributed by atoms with Gasteiger partial charge in [-0.1, -0.05) is 6.07 Å². The minimum Gasteiger partial charge on any atom is -0.397 e. The first-order valence-electron chi connectivity index (χ1n) is 10.9. The van der Waals surface area contributed by atoms with Crippen molar-refractivity contribution in [2.24, 2.45) is 0 Å². The number of nitrogen functional groups attached to an aromatic ring is 1. The average molecular weight is 449 g/mol. The summed E-state index contributed by atoms with van der Waals surface area (Å²) in [7, 11) is 3.92. The topological polar surface area (TPSA) is 111 Å². The second kappa shape index (κ2) is 8.00. The van der Waals surface area contributed by atoms with E-state index >= 15 is 0 Å². The maximum Gasteiger partial charge on any atom is 0.261 e. The average Bonchev–Trinajstić information content (AvgIpc) is 3.21. The van der Waals surface area contributed by atoms with Crippen LogP contribution in [0.15, 0.2) is 41.2 Å². The number of pyridine rings is 1. The van der Waals surface area contributed by atoms with Crippen molar-refractivity contribution in [2.75, 3.05) is 32.9 Å². The van der Waals surface area contributed by atoms with Crippen LogP contribution in [0, 0.1) is 5.82 Å². The molecule has 0 spiro atoms. The molecule has 3 heterocycles. The summed E-state index contributed by atoms with van der Waals surface area (Å²) < 4.78 is 14.4. The van der Waals surface area contributed by atoms with Gasteiger partial charge in [0.1, 0.15) is 17.2 Å². The molecule has 1 saturated heterocycles. The summed E-state index contributed by atoms with van der Waals surface area (Å²) in [6.45, 7) is 1.93. The maximum absolute atomic E-state index is 14.4. The Morgan fingerprint density at radius 3 is 2.70 bits per heavy atom. The number of aromatic nitrogens is 3. The number of amides is 1. The highest BCUT2D eigenvalue weighted by atomic mass is 19.1. The first-order valence-corrected chi connectivity index (χ1v) is 10.9. The second-order valence-electron chi connectivity index (χ2n) is 8.67. The van der Waals surface area contributed by atoms with Gasteiger partial charge in [-0.15, -0.1) is 0 Å². The molecule has 0 unspecified atom stereocenters. The summed E-state index contributed by atoms with van der Waals surface area (Å²) in [6.07, 6.45) is 1.88. The number of fused-ring (bicyclic) bond motifs is 2. The van der Waals surface area contributed by atoms with Gasteiger partial charge in [-0.3, -0.25) is 9.59 Å². The van der Waals surface area contributed by atoms with Crippen molar-refractivity contribution in [1.29, 1.82) is 0 Å². The molecule has 170 valence electrons. The molecule has 2 aromatic carbocycles. The lowest BCUT2D eigenvalue weighted by Crippen LogP contribution is -2.44. The lowest BCUT2D eigenvalue weighted by molar-refractivity contribution is 0.0659. The van der Waals surface area contributed by atoms with Gasteiger partial charge in [0, 0.05) is 18.7 Å². The molecule has 8 nitrogen and oxygen atoms in total. The van der Waals surface area contributed by atoms with Gasteiger partial charge in [-0.05, 0) is 63.3 Å². The lowest BCUT2D eigenvalue weighted by Gasteiger charge is -2.35. The smallest absolute Gasteiger partial charge is 0.261 e. The number of hydrogen-bond donors (Lipinski definition) is 3. The van der Waals surface area contributed by atoms with E-state index in [0.717, 1.165) is 25.9 Å². The van der Waals surface area contributed by atoms with Crippen molar-refractivity contribution in [3.05, 3.63) is 58.1 Å². The highest BCUT2D eigenvalue weighted by Crippen LogP contribution is 2.30. The van der Waals surface area contributed by atoms with Crippen LogP contribution in [0.4, 0.5) is 10.1 Å². The number of carbonyl (C=O) groups excluding carboxylic acids is 1. The minimum absolute atomic E-state index is 0.0178. The number of likely N-dealkylation sites (tertiary alicyclic amines) is 1. The first kappa shape index (κ1) is 21.1. The Morgan fingerprint density at radius 1 is 1.18 bits per heavy atom. The number of hydrogen-bond acceptors (Lipinski definition) is 5. The Kier molecular flexibility index (Phi) is 5.13. The van der Waals surface area contributed by atoms with Crippen molar-refractivity contribution < 1.29 is 9.18 Å². The number of imidazole rings is 1. The zero-order valence-corrected chi connectivity index (χ0v) is 18.5. The second-order valence-corrected chi connectivity index (χ2v) is 8.67. The van der Waals surface area contributed by atoms with Crippen LogP contribution in [0.2, 0.25) is 0 Å². The van der Waals surface area contributed by atoms with Crippen LogP contribution in [0.1, 0.15) is 23.2 Å². The van der Waals surface area contributed by atoms with Crippen molar-refractivity contribution in [3.63, 3.8) is 0 Å². The highest BCUT2D eigenvalue weighted by molar-refractivity contribution is 6.00. The summed E-state index contributed by atoms with van der Waals surface area (Å²) in [5.74, 6) is -0.363. The fraction of sp³-hybridized carbons (Fsp3) is 0.292. The quantitative estimate of drug-likeness (QED) is 0.446. The van der Waals surface area contributed by atoms with Gasteiger partial charge in [0.25, 0.3) is 11.5 Å². The molecule has 0 aliphatic carbocycles. The Bertz CT molecular complexity index is 1430. The number of nitrogens with one attached hydrogen (secondary N) is 2. The molecule has 4 N–H and O–H groups in total. The molecule has 2 aromatic heterocycles. The zero-order valence-electron chi connectivity index (χ0n) is 18.5. The molecule has 5 rings (SSSR count). The molecule has 9 heteroatoms. The van der Waals surface area contributed by atoms with Gasteiger partial charge < -0.3 is 25.5 Å². The summed E-state index contributed by atoms with van der Waals surface area (Å²) in [6, 6.07) is 9.79. The van der Waals surface area contributed by atoms with Gasteiger partial charge >= 0.3 is 0 Å². The van der Waals surface area contributed by atoms with Crippen molar-refractivity contribution in [1.82, 2.24) is 24.8 Å². The molecular formula is C24H25FN6O2. The largest absolute Gasteiger partial charge is 0.397 e. The number of benzene rings is 2. The van der Waals surface area contributed by atoms with Gasteiger partial charge in [-0.25, -0.2) is 9.37 Å². The number of anilines is 1. The minimum atomic E-state index is -0.525. The van der Waals surface area contributed by atoms with Gasteiger partial charge in [0.15, 0.2) is 0 Å². The molecule has 1 aliphatic heterocycles. The number of halogens is 1. The molecule has 1 aliphatic rings. The number of carbonyl (C=O) groups is 1. The Morgan fingerprint density at radius 2 is 1.94 bits per heavy atom. The van der Waals surface area contributed by atoms with Crippen molar-refractivity contribution >= 4 is 33.5 Å². The number of rotatable bonds is 3. The maximum atomic E-state index is 14.4. The molecule has 0 radical (unpaired) electrons. The van der Waals surface area contributed by atoms with Crippen LogP contribution in [-0.4, -0.2) is 63.9 Å². The van der Waals surface area contributed by atoms with Crippen LogP contribution in [0.3, 0.4) is 0 Å². The molecular weight excluding hydrogens is 423 g/mol. The van der Waals surface area contributed by atoms with Crippen molar-refractivity contribution in [2.45, 2.75) is 18.9 Å². The van der Waals surface area contributed by atoms with Crippen LogP contribution < -0.4 is 11.3 Å². The van der Waals surface area contributed by atoms with Crippen LogP contribution >= 0.6 is 0 Å². The van der Waals surface area contributed by atoms with E-state index in [1.54, 1.807) is 29.2 Å². The van der Waals surface area contributed by atoms with Gasteiger partial charge in [-0.2, -0.15) is 0 Å². The molecule has 1 amide bonds. The van der Waals surface area contributed by atoms with Crippen LogP contribution in [0.25, 0.3) is 33.3 Å². The lowest BCUT2D eigenvalue weighted by atomic mass is 10.0. The predicted molar refractivity (Wildman–Crippen MR) is 127 cm³/mol. The fourth-order valence-electron chi connectivity index (χ4n) is 4.58. The van der Waals surface area contributed by atoms with E-state index in [1.807, 2.05) is 7.05 Å². The van der Waals surface area contributed by atoms with E-state index in [4.69, 9.17) is 5.73 Å². The van der Waals surface area contributed by atoms with Crippen molar-refractivity contribution in [3.8, 4) is 11.4 Å². The van der Waals surface area contributed by atoms with Gasteiger partial charge in [0.05, 0.1) is 27.6 Å². The SMILES string of the molecule is CN1CCC(N(C)C(=O)c2ccc3nc(-c4c(N)c5c(F)cccc5[nH]c4=O)[nH]c3c2)CC1. The summed E-state index contributed by atoms with van der Waals surface area (Å²) in [5.41, 5.74) is 7.85. The normalized spacial score (nSPS) is 15.4. The molecule has 0 atom stereocenters. The number of nitrogens with two attached hydrogens (primary N) is 1. The number of aromatic amines is 2. The zero-order chi connectivity index (χ0) is 23.3. The van der Waals surface area contributed by atoms with Crippen LogP contribution in [-0.2, 0) is 0 Å².